The van der Waals surface area contributed by atoms with Crippen LogP contribution in [0.15, 0.2) is 42.0 Å². The van der Waals surface area contributed by atoms with Gasteiger partial charge >= 0.3 is 12.4 Å². The monoisotopic (exact) mass is 628 g/mol. The lowest BCUT2D eigenvalue weighted by Crippen LogP contribution is -2.35. The Morgan fingerprint density at radius 1 is 1.09 bits per heavy atom. The summed E-state index contributed by atoms with van der Waals surface area (Å²) in [5, 5.41) is -0.00395. The normalized spacial score (nSPS) is 20.7. The van der Waals surface area contributed by atoms with Gasteiger partial charge in [0.2, 0.25) is 5.91 Å². The number of allylic oxidation sites excluding steroid dienone is 1. The number of methoxy groups -OCH3 is 1. The molecule has 4 rings (SSSR count). The van der Waals surface area contributed by atoms with Gasteiger partial charge in [-0.15, -0.1) is 0 Å². The van der Waals surface area contributed by atoms with Crippen molar-refractivity contribution in [1.29, 1.82) is 0 Å². The first kappa shape index (κ1) is 32.6. The van der Waals surface area contributed by atoms with Gasteiger partial charge in [-0.25, -0.2) is 0 Å². The summed E-state index contributed by atoms with van der Waals surface area (Å²) >= 11 is 5.49. The van der Waals surface area contributed by atoms with Gasteiger partial charge in [0.25, 0.3) is 5.17 Å². The first-order valence-corrected chi connectivity index (χ1v) is 14.1. The van der Waals surface area contributed by atoms with E-state index in [-0.39, 0.29) is 34.7 Å². The van der Waals surface area contributed by atoms with Crippen LogP contribution in [0.2, 0.25) is 0 Å². The molecule has 0 N–H and O–H groups in total. The van der Waals surface area contributed by atoms with Gasteiger partial charge in [0.1, 0.15) is 11.9 Å². The molecule has 2 aromatic carbocycles. The van der Waals surface area contributed by atoms with Crippen molar-refractivity contribution in [2.45, 2.75) is 71.5 Å². The highest BCUT2D eigenvalue weighted by molar-refractivity contribution is 7.80. The molecule has 0 bridgehead atoms. The maximum Gasteiger partial charge on any atom is 0.416 e. The zero-order chi connectivity index (χ0) is 32.1. The summed E-state index contributed by atoms with van der Waals surface area (Å²) < 4.78 is 92.8. The fourth-order valence-corrected chi connectivity index (χ4v) is 6.05. The SMILES string of the molecule is COc1ccc(N(C)C(C)=O)cc1C1=C(CN2C(=S)O[C@H](c3cc(C(F)(F)F)cc(C(F)(F)F)c3)[C@@H]2C)CC(C)(C)CC1. The highest BCUT2D eigenvalue weighted by atomic mass is 32.1. The molecule has 2 aliphatic rings. The summed E-state index contributed by atoms with van der Waals surface area (Å²) in [6, 6.07) is 6.30. The Bertz CT molecular complexity index is 1420. The molecular formula is C31H34F6N2O3S. The van der Waals surface area contributed by atoms with Crippen molar-refractivity contribution < 1.29 is 40.6 Å². The minimum absolute atomic E-state index is 0.00395. The molecule has 1 heterocycles. The Morgan fingerprint density at radius 3 is 2.23 bits per heavy atom. The molecule has 2 atom stereocenters. The third-order valence-corrected chi connectivity index (χ3v) is 8.56. The number of anilines is 1. The van der Waals surface area contributed by atoms with Gasteiger partial charge in [-0.2, -0.15) is 26.3 Å². The van der Waals surface area contributed by atoms with Crippen LogP contribution >= 0.6 is 12.2 Å². The summed E-state index contributed by atoms with van der Waals surface area (Å²) in [4.78, 5) is 15.3. The van der Waals surface area contributed by atoms with E-state index in [0.717, 1.165) is 23.1 Å². The van der Waals surface area contributed by atoms with E-state index in [4.69, 9.17) is 21.7 Å². The number of thiocarbonyl (C=S) groups is 1. The number of benzene rings is 2. The lowest BCUT2D eigenvalue weighted by atomic mass is 9.72. The van der Waals surface area contributed by atoms with E-state index in [1.54, 1.807) is 38.1 Å². The van der Waals surface area contributed by atoms with Gasteiger partial charge in [-0.3, -0.25) is 4.79 Å². The standard InChI is InChI=1S/C31H34F6N2O3S/c1-17-27(19-11-21(30(32,33)34)13-22(12-19)31(35,36)37)42-28(43)39(17)16-20-15-29(3,4)10-9-24(20)25-14-23(38(5)18(2)40)7-8-26(25)41-6/h7-8,11-14,17,27H,9-10,15-16H2,1-6H3/t17-,27-/m0/s1. The molecule has 0 aromatic heterocycles. The lowest BCUT2D eigenvalue weighted by Gasteiger charge is -2.36. The van der Waals surface area contributed by atoms with E-state index >= 15 is 0 Å². The van der Waals surface area contributed by atoms with Crippen molar-refractivity contribution in [2.24, 2.45) is 5.41 Å². The fraction of sp³-hybridized carbons (Fsp3) is 0.484. The first-order valence-electron chi connectivity index (χ1n) is 13.7. The number of nitrogens with zero attached hydrogens (tertiary/aromatic N) is 2. The summed E-state index contributed by atoms with van der Waals surface area (Å²) in [5.41, 5.74) is 0.340. The molecule has 5 nitrogen and oxygen atoms in total. The topological polar surface area (TPSA) is 42.0 Å². The average molecular weight is 629 g/mol. The maximum absolute atomic E-state index is 13.6. The molecule has 0 spiro atoms. The predicted molar refractivity (Wildman–Crippen MR) is 156 cm³/mol. The van der Waals surface area contributed by atoms with E-state index in [2.05, 4.69) is 13.8 Å². The highest BCUT2D eigenvalue weighted by Gasteiger charge is 2.43. The second-order valence-corrected chi connectivity index (χ2v) is 12.2. The van der Waals surface area contributed by atoms with Gasteiger partial charge in [0.15, 0.2) is 0 Å². The smallest absolute Gasteiger partial charge is 0.416 e. The van der Waals surface area contributed by atoms with Crippen molar-refractivity contribution in [1.82, 2.24) is 4.90 Å². The molecule has 12 heteroatoms. The second kappa shape index (κ2) is 11.7. The van der Waals surface area contributed by atoms with Crippen LogP contribution in [0.1, 0.15) is 75.3 Å². The zero-order valence-electron chi connectivity index (χ0n) is 24.7. The maximum atomic E-state index is 13.6. The van der Waals surface area contributed by atoms with Crippen LogP contribution in [0.4, 0.5) is 32.0 Å². The van der Waals surface area contributed by atoms with E-state index in [1.165, 1.54) is 11.8 Å². The Balaban J connectivity index is 1.76. The summed E-state index contributed by atoms with van der Waals surface area (Å²) in [7, 11) is 3.23. The average Bonchev–Trinajstić information content (AvgIpc) is 3.19. The zero-order valence-corrected chi connectivity index (χ0v) is 25.6. The van der Waals surface area contributed by atoms with Gasteiger partial charge in [0, 0.05) is 31.8 Å². The molecule has 234 valence electrons. The number of hydrogen-bond acceptors (Lipinski definition) is 4. The molecule has 1 fully saturated rings. The number of alkyl halides is 6. The van der Waals surface area contributed by atoms with Crippen LogP contribution in [-0.4, -0.2) is 42.7 Å². The summed E-state index contributed by atoms with van der Waals surface area (Å²) in [5.74, 6) is 0.473. The summed E-state index contributed by atoms with van der Waals surface area (Å²) in [6.07, 6.45) is -8.88. The van der Waals surface area contributed by atoms with Gasteiger partial charge < -0.3 is 19.3 Å². The number of amides is 1. The van der Waals surface area contributed by atoms with E-state index in [0.29, 0.717) is 36.4 Å². The van der Waals surface area contributed by atoms with Crippen molar-refractivity contribution in [3.05, 3.63) is 64.2 Å². The van der Waals surface area contributed by atoms with Crippen LogP contribution in [-0.2, 0) is 21.9 Å². The molecule has 2 aromatic rings. The molecule has 0 unspecified atom stereocenters. The first-order chi connectivity index (χ1) is 19.8. The van der Waals surface area contributed by atoms with Gasteiger partial charge in [0.05, 0.1) is 24.3 Å². The van der Waals surface area contributed by atoms with Crippen LogP contribution in [0.25, 0.3) is 5.57 Å². The molecule has 0 saturated carbocycles. The molecule has 1 saturated heterocycles. The number of rotatable bonds is 6. The lowest BCUT2D eigenvalue weighted by molar-refractivity contribution is -0.143. The fourth-order valence-electron chi connectivity index (χ4n) is 5.72. The van der Waals surface area contributed by atoms with Crippen molar-refractivity contribution in [2.75, 3.05) is 25.6 Å². The van der Waals surface area contributed by atoms with Crippen molar-refractivity contribution in [3.8, 4) is 5.75 Å². The van der Waals surface area contributed by atoms with E-state index < -0.39 is 35.6 Å². The van der Waals surface area contributed by atoms with E-state index in [9.17, 15) is 31.1 Å². The molecule has 1 amide bonds. The minimum atomic E-state index is -4.98. The molecule has 43 heavy (non-hydrogen) atoms. The number of hydrogen-bond donors (Lipinski definition) is 0. The molecular weight excluding hydrogens is 594 g/mol. The van der Waals surface area contributed by atoms with Crippen LogP contribution < -0.4 is 9.64 Å². The minimum Gasteiger partial charge on any atom is -0.496 e. The van der Waals surface area contributed by atoms with Crippen molar-refractivity contribution >= 4 is 34.6 Å². The Morgan fingerprint density at radius 2 is 1.70 bits per heavy atom. The second-order valence-electron chi connectivity index (χ2n) is 11.9. The molecule has 1 aliphatic heterocycles. The number of carbonyl (C=O) groups excluding carboxylic acids is 1. The van der Waals surface area contributed by atoms with Crippen LogP contribution in [0.3, 0.4) is 0 Å². The molecule has 0 radical (unpaired) electrons. The van der Waals surface area contributed by atoms with Crippen molar-refractivity contribution in [3.63, 3.8) is 0 Å². The van der Waals surface area contributed by atoms with E-state index in [1.807, 2.05) is 6.07 Å². The number of carbonyl (C=O) groups is 1. The van der Waals surface area contributed by atoms with Gasteiger partial charge in [-0.05, 0) is 96.9 Å². The third-order valence-electron chi connectivity index (χ3n) is 8.23. The Hall–Kier alpha value is -3.28. The Kier molecular flexibility index (Phi) is 8.85. The van der Waals surface area contributed by atoms with Crippen LogP contribution in [0, 0.1) is 5.41 Å². The predicted octanol–water partition coefficient (Wildman–Crippen LogP) is 8.43. The third kappa shape index (κ3) is 6.94. The summed E-state index contributed by atoms with van der Waals surface area (Å²) in [6.45, 7) is 7.66. The number of ether oxygens (including phenoxy) is 2. The quantitative estimate of drug-likeness (QED) is 0.237. The molecule has 1 aliphatic carbocycles. The van der Waals surface area contributed by atoms with Gasteiger partial charge in [-0.1, -0.05) is 13.8 Å². The Labute approximate surface area is 252 Å². The highest BCUT2D eigenvalue weighted by Crippen LogP contribution is 2.47. The van der Waals surface area contributed by atoms with Crippen LogP contribution in [0.5, 0.6) is 5.75 Å². The number of halogens is 6. The largest absolute Gasteiger partial charge is 0.496 e.